The Bertz CT molecular complexity index is 609. The summed E-state index contributed by atoms with van der Waals surface area (Å²) < 4.78 is 2.14. The minimum absolute atomic E-state index is 1.23. The van der Waals surface area contributed by atoms with Gasteiger partial charge in [-0.1, -0.05) is 30.3 Å². The maximum atomic E-state index is 2.16. The van der Waals surface area contributed by atoms with Gasteiger partial charge in [0.25, 0.3) is 0 Å². The average molecular weight is 206 g/mol. The topological polar surface area (TPSA) is 4.10 Å². The molecule has 0 radical (unpaired) electrons. The first kappa shape index (κ1) is 9.10. The van der Waals surface area contributed by atoms with Crippen molar-refractivity contribution in [3.8, 4) is 11.1 Å². The lowest BCUT2D eigenvalue weighted by Gasteiger charge is -2.00. The summed E-state index contributed by atoms with van der Waals surface area (Å²) in [5, 5.41) is 0. The minimum atomic E-state index is 1.23. The highest BCUT2D eigenvalue weighted by Gasteiger charge is 2.07. The standard InChI is InChI=1S/C15H12N/c1-2-7-13(8-3-1)14-9-6-12-16-11-5-4-10-15(14)16/h1-12H/q+1. The Kier molecular flexibility index (Phi) is 2.15. The summed E-state index contributed by atoms with van der Waals surface area (Å²) in [5.41, 5.74) is 3.76. The zero-order valence-electron chi connectivity index (χ0n) is 8.88. The molecule has 2 heterocycles. The molecule has 0 unspecified atom stereocenters. The molecule has 76 valence electrons. The zero-order valence-corrected chi connectivity index (χ0v) is 8.88. The number of hydrogen-bond donors (Lipinski definition) is 0. The Morgan fingerprint density at radius 2 is 1.38 bits per heavy atom. The van der Waals surface area contributed by atoms with E-state index in [0.29, 0.717) is 0 Å². The molecular formula is C15H12N+. The fourth-order valence-corrected chi connectivity index (χ4v) is 1.99. The van der Waals surface area contributed by atoms with Crippen LogP contribution in [0.4, 0.5) is 0 Å². The number of nitrogens with zero attached hydrogens (tertiary/aromatic N) is 1. The van der Waals surface area contributed by atoms with Gasteiger partial charge in [0.15, 0.2) is 12.4 Å². The summed E-state index contributed by atoms with van der Waals surface area (Å²) in [6, 6.07) is 21.0. The van der Waals surface area contributed by atoms with Gasteiger partial charge >= 0.3 is 0 Å². The second kappa shape index (κ2) is 3.78. The molecule has 0 saturated heterocycles. The molecule has 3 aromatic rings. The average Bonchev–Trinajstić information content (AvgIpc) is 2.39. The molecule has 0 atom stereocenters. The molecule has 0 N–H and O–H groups in total. The molecular weight excluding hydrogens is 194 g/mol. The first-order valence-corrected chi connectivity index (χ1v) is 5.39. The highest BCUT2D eigenvalue weighted by molar-refractivity contribution is 5.76. The van der Waals surface area contributed by atoms with Crippen LogP contribution in [0.1, 0.15) is 0 Å². The molecule has 1 aromatic carbocycles. The molecule has 0 fully saturated rings. The zero-order chi connectivity index (χ0) is 10.8. The van der Waals surface area contributed by atoms with Gasteiger partial charge < -0.3 is 0 Å². The fraction of sp³-hybridized carbons (Fsp3) is 0. The van der Waals surface area contributed by atoms with E-state index in [0.717, 1.165) is 0 Å². The van der Waals surface area contributed by atoms with Crippen LogP contribution < -0.4 is 4.40 Å². The highest BCUT2D eigenvalue weighted by Crippen LogP contribution is 2.21. The third-order valence-corrected chi connectivity index (χ3v) is 2.76. The smallest absolute Gasteiger partial charge is 0.167 e. The molecule has 1 heteroatoms. The Hall–Kier alpha value is -2.15. The van der Waals surface area contributed by atoms with E-state index in [1.165, 1.54) is 16.6 Å². The minimum Gasteiger partial charge on any atom is -0.167 e. The van der Waals surface area contributed by atoms with Crippen LogP contribution in [-0.4, -0.2) is 0 Å². The summed E-state index contributed by atoms with van der Waals surface area (Å²) in [6.07, 6.45) is 4.14. The van der Waals surface area contributed by atoms with Crippen molar-refractivity contribution in [2.75, 3.05) is 0 Å². The van der Waals surface area contributed by atoms with Crippen molar-refractivity contribution >= 4 is 5.52 Å². The Balaban J connectivity index is 2.32. The predicted octanol–water partition coefficient (Wildman–Crippen LogP) is 3.09. The van der Waals surface area contributed by atoms with Crippen LogP contribution in [0.25, 0.3) is 16.6 Å². The fourth-order valence-electron chi connectivity index (χ4n) is 1.99. The number of rotatable bonds is 1. The number of aromatic nitrogens is 1. The van der Waals surface area contributed by atoms with Crippen molar-refractivity contribution in [1.29, 1.82) is 0 Å². The Labute approximate surface area is 94.6 Å². The monoisotopic (exact) mass is 206 g/mol. The van der Waals surface area contributed by atoms with Crippen LogP contribution in [0.15, 0.2) is 73.1 Å². The quantitative estimate of drug-likeness (QED) is 0.539. The van der Waals surface area contributed by atoms with Crippen molar-refractivity contribution < 1.29 is 4.40 Å². The van der Waals surface area contributed by atoms with Gasteiger partial charge in [0.05, 0.1) is 5.56 Å². The first-order chi connectivity index (χ1) is 7.95. The molecule has 0 aliphatic carbocycles. The van der Waals surface area contributed by atoms with E-state index >= 15 is 0 Å². The molecule has 0 saturated carbocycles. The Morgan fingerprint density at radius 3 is 2.25 bits per heavy atom. The second-order valence-electron chi connectivity index (χ2n) is 3.78. The lowest BCUT2D eigenvalue weighted by Crippen LogP contribution is -2.20. The third-order valence-electron chi connectivity index (χ3n) is 2.76. The van der Waals surface area contributed by atoms with Crippen LogP contribution in [0.3, 0.4) is 0 Å². The van der Waals surface area contributed by atoms with Gasteiger partial charge in [-0.3, -0.25) is 0 Å². The van der Waals surface area contributed by atoms with Crippen molar-refractivity contribution in [1.82, 2.24) is 0 Å². The predicted molar refractivity (Wildman–Crippen MR) is 65.0 cm³/mol. The van der Waals surface area contributed by atoms with E-state index in [-0.39, 0.29) is 0 Å². The van der Waals surface area contributed by atoms with Crippen LogP contribution in [-0.2, 0) is 0 Å². The second-order valence-corrected chi connectivity index (χ2v) is 3.78. The van der Waals surface area contributed by atoms with E-state index in [2.05, 4.69) is 65.3 Å². The van der Waals surface area contributed by atoms with Gasteiger partial charge in [0.1, 0.15) is 0 Å². The van der Waals surface area contributed by atoms with E-state index in [4.69, 9.17) is 0 Å². The van der Waals surface area contributed by atoms with Crippen molar-refractivity contribution in [2.45, 2.75) is 0 Å². The first-order valence-electron chi connectivity index (χ1n) is 5.39. The summed E-state index contributed by atoms with van der Waals surface area (Å²) in [6.45, 7) is 0. The number of benzene rings is 1. The van der Waals surface area contributed by atoms with Crippen molar-refractivity contribution in [3.05, 3.63) is 73.1 Å². The van der Waals surface area contributed by atoms with E-state index in [9.17, 15) is 0 Å². The molecule has 2 aromatic heterocycles. The highest BCUT2D eigenvalue weighted by atomic mass is 14.8. The van der Waals surface area contributed by atoms with Gasteiger partial charge in [0, 0.05) is 18.2 Å². The molecule has 1 nitrogen and oxygen atoms in total. The van der Waals surface area contributed by atoms with Crippen LogP contribution in [0.5, 0.6) is 0 Å². The molecule has 0 aliphatic rings. The van der Waals surface area contributed by atoms with Crippen LogP contribution in [0, 0.1) is 0 Å². The van der Waals surface area contributed by atoms with Crippen LogP contribution >= 0.6 is 0 Å². The Morgan fingerprint density at radius 1 is 0.625 bits per heavy atom. The lowest BCUT2D eigenvalue weighted by atomic mass is 10.1. The van der Waals surface area contributed by atoms with Gasteiger partial charge in [-0.05, 0) is 17.7 Å². The summed E-state index contributed by atoms with van der Waals surface area (Å²) in [5.74, 6) is 0. The van der Waals surface area contributed by atoms with Gasteiger partial charge in [0.2, 0.25) is 5.52 Å². The molecule has 0 bridgehead atoms. The number of pyridine rings is 2. The van der Waals surface area contributed by atoms with Gasteiger partial charge in [-0.25, -0.2) is 0 Å². The van der Waals surface area contributed by atoms with Crippen molar-refractivity contribution in [3.63, 3.8) is 0 Å². The molecule has 3 rings (SSSR count). The van der Waals surface area contributed by atoms with E-state index in [1.807, 2.05) is 12.1 Å². The molecule has 0 aliphatic heterocycles. The number of hydrogen-bond acceptors (Lipinski definition) is 0. The summed E-state index contributed by atoms with van der Waals surface area (Å²) in [7, 11) is 0. The SMILES string of the molecule is c1ccc(-c2ccc[n+]3ccccc23)cc1. The van der Waals surface area contributed by atoms with E-state index < -0.39 is 0 Å². The molecule has 0 amide bonds. The third kappa shape index (κ3) is 1.47. The summed E-state index contributed by atoms with van der Waals surface area (Å²) >= 11 is 0. The maximum Gasteiger partial charge on any atom is 0.218 e. The van der Waals surface area contributed by atoms with Gasteiger partial charge in [-0.2, -0.15) is 4.40 Å². The maximum absolute atomic E-state index is 2.16. The van der Waals surface area contributed by atoms with Gasteiger partial charge in [-0.15, -0.1) is 0 Å². The van der Waals surface area contributed by atoms with E-state index in [1.54, 1.807) is 0 Å². The molecule has 16 heavy (non-hydrogen) atoms. The van der Waals surface area contributed by atoms with Crippen LogP contribution in [0.2, 0.25) is 0 Å². The number of fused-ring (bicyclic) bond motifs is 1. The summed E-state index contributed by atoms with van der Waals surface area (Å²) in [4.78, 5) is 0. The van der Waals surface area contributed by atoms with Crippen molar-refractivity contribution in [2.24, 2.45) is 0 Å². The largest absolute Gasteiger partial charge is 0.218 e. The normalized spacial score (nSPS) is 10.5. The lowest BCUT2D eigenvalue weighted by molar-refractivity contribution is -0.511. The molecule has 0 spiro atoms.